The van der Waals surface area contributed by atoms with Crippen molar-refractivity contribution in [1.29, 1.82) is 5.26 Å². The molecule has 13 heavy (non-hydrogen) atoms. The summed E-state index contributed by atoms with van der Waals surface area (Å²) >= 11 is 3.32. The van der Waals surface area contributed by atoms with E-state index in [-0.39, 0.29) is 0 Å². The monoisotopic (exact) mass is 236 g/mol. The lowest BCUT2D eigenvalue weighted by Crippen LogP contribution is -1.90. The van der Waals surface area contributed by atoms with Gasteiger partial charge in [-0.25, -0.2) is 0 Å². The summed E-state index contributed by atoms with van der Waals surface area (Å²) in [6, 6.07) is 3.80. The lowest BCUT2D eigenvalue weighted by atomic mass is 10.3. The van der Waals surface area contributed by atoms with E-state index in [1.54, 1.807) is 10.5 Å². The molecule has 0 amide bonds. The number of pyridine rings is 1. The molecule has 0 fully saturated rings. The normalized spacial score (nSPS) is 10.2. The molecule has 0 saturated carbocycles. The SMILES string of the molecule is Cc1nnc2c(C#N)cc(Br)cn12. The maximum absolute atomic E-state index is 8.82. The summed E-state index contributed by atoms with van der Waals surface area (Å²) in [5.74, 6) is 0.771. The first-order valence-corrected chi connectivity index (χ1v) is 4.42. The number of halogens is 1. The summed E-state index contributed by atoms with van der Waals surface area (Å²) in [4.78, 5) is 0. The number of nitrogens with zero attached hydrogens (tertiary/aromatic N) is 4. The molecule has 0 N–H and O–H groups in total. The molecule has 0 aliphatic rings. The predicted molar refractivity (Wildman–Crippen MR) is 50.1 cm³/mol. The topological polar surface area (TPSA) is 54.0 Å². The molecule has 0 aliphatic carbocycles. The summed E-state index contributed by atoms with van der Waals surface area (Å²) in [5, 5.41) is 16.6. The Bertz CT molecular complexity index is 509. The van der Waals surface area contributed by atoms with Gasteiger partial charge in [0, 0.05) is 10.7 Å². The lowest BCUT2D eigenvalue weighted by molar-refractivity contribution is 1.00. The second-order valence-electron chi connectivity index (χ2n) is 2.62. The van der Waals surface area contributed by atoms with Gasteiger partial charge in [-0.15, -0.1) is 10.2 Å². The van der Waals surface area contributed by atoms with Crippen molar-refractivity contribution in [2.45, 2.75) is 6.92 Å². The van der Waals surface area contributed by atoms with E-state index in [2.05, 4.69) is 32.2 Å². The Morgan fingerprint density at radius 3 is 3.00 bits per heavy atom. The van der Waals surface area contributed by atoms with Crippen LogP contribution in [0.2, 0.25) is 0 Å². The minimum atomic E-state index is 0.523. The van der Waals surface area contributed by atoms with Crippen molar-refractivity contribution in [2.24, 2.45) is 0 Å². The Hall–Kier alpha value is -1.41. The van der Waals surface area contributed by atoms with Gasteiger partial charge < -0.3 is 0 Å². The maximum Gasteiger partial charge on any atom is 0.178 e. The molecule has 0 atom stereocenters. The van der Waals surface area contributed by atoms with Gasteiger partial charge in [0.2, 0.25) is 0 Å². The number of aryl methyl sites for hydroxylation is 1. The number of fused-ring (bicyclic) bond motifs is 1. The minimum Gasteiger partial charge on any atom is -0.284 e. The van der Waals surface area contributed by atoms with E-state index in [0.29, 0.717) is 11.2 Å². The third kappa shape index (κ3) is 1.19. The molecule has 0 aromatic carbocycles. The molecular weight excluding hydrogens is 232 g/mol. The molecule has 64 valence electrons. The highest BCUT2D eigenvalue weighted by molar-refractivity contribution is 9.10. The van der Waals surface area contributed by atoms with Crippen molar-refractivity contribution in [2.75, 3.05) is 0 Å². The third-order valence-corrected chi connectivity index (χ3v) is 2.20. The van der Waals surface area contributed by atoms with Gasteiger partial charge in [-0.3, -0.25) is 4.40 Å². The zero-order valence-electron chi connectivity index (χ0n) is 6.82. The summed E-state index contributed by atoms with van der Waals surface area (Å²) in [5.41, 5.74) is 1.12. The van der Waals surface area contributed by atoms with Crippen molar-refractivity contribution in [3.8, 4) is 6.07 Å². The molecule has 2 aromatic rings. The average molecular weight is 237 g/mol. The van der Waals surface area contributed by atoms with Crippen molar-refractivity contribution in [3.63, 3.8) is 0 Å². The van der Waals surface area contributed by atoms with E-state index < -0.39 is 0 Å². The number of nitriles is 1. The Balaban J connectivity index is 2.94. The van der Waals surface area contributed by atoms with Gasteiger partial charge in [0.05, 0.1) is 5.56 Å². The summed E-state index contributed by atoms with van der Waals surface area (Å²) in [6.07, 6.45) is 1.84. The third-order valence-electron chi connectivity index (χ3n) is 1.76. The zero-order valence-corrected chi connectivity index (χ0v) is 8.41. The first-order chi connectivity index (χ1) is 6.22. The van der Waals surface area contributed by atoms with Gasteiger partial charge in [0.1, 0.15) is 11.9 Å². The number of rotatable bonds is 0. The van der Waals surface area contributed by atoms with Gasteiger partial charge in [-0.1, -0.05) is 0 Å². The molecule has 2 heterocycles. The Morgan fingerprint density at radius 2 is 2.31 bits per heavy atom. The fourth-order valence-corrected chi connectivity index (χ4v) is 1.59. The van der Waals surface area contributed by atoms with Gasteiger partial charge >= 0.3 is 0 Å². The van der Waals surface area contributed by atoms with Crippen LogP contribution in [0.5, 0.6) is 0 Å². The van der Waals surface area contributed by atoms with Gasteiger partial charge in [-0.2, -0.15) is 5.26 Å². The smallest absolute Gasteiger partial charge is 0.178 e. The number of hydrogen-bond donors (Lipinski definition) is 0. The molecule has 2 rings (SSSR count). The fraction of sp³-hybridized carbons (Fsp3) is 0.125. The first kappa shape index (κ1) is 8.20. The molecule has 0 aliphatic heterocycles. The average Bonchev–Trinajstić information content (AvgIpc) is 2.47. The van der Waals surface area contributed by atoms with Gasteiger partial charge in [-0.05, 0) is 28.9 Å². The standard InChI is InChI=1S/C8H5BrN4/c1-5-11-12-8-6(3-10)2-7(9)4-13(5)8/h2,4H,1H3. The van der Waals surface area contributed by atoms with Crippen LogP contribution >= 0.6 is 15.9 Å². The molecular formula is C8H5BrN4. The maximum atomic E-state index is 8.82. The van der Waals surface area contributed by atoms with Crippen LogP contribution in [0.25, 0.3) is 5.65 Å². The van der Waals surface area contributed by atoms with E-state index in [1.165, 1.54) is 0 Å². The van der Waals surface area contributed by atoms with Crippen LogP contribution in [0.1, 0.15) is 11.4 Å². The highest BCUT2D eigenvalue weighted by Crippen LogP contribution is 2.16. The second-order valence-corrected chi connectivity index (χ2v) is 3.54. The summed E-state index contributed by atoms with van der Waals surface area (Å²) in [7, 11) is 0. The highest BCUT2D eigenvalue weighted by Gasteiger charge is 2.06. The van der Waals surface area contributed by atoms with E-state index in [0.717, 1.165) is 10.3 Å². The van der Waals surface area contributed by atoms with Crippen molar-refractivity contribution >= 4 is 21.6 Å². The van der Waals surface area contributed by atoms with E-state index in [1.807, 2.05) is 13.1 Å². The second kappa shape index (κ2) is 2.82. The van der Waals surface area contributed by atoms with Crippen LogP contribution in [-0.2, 0) is 0 Å². The largest absolute Gasteiger partial charge is 0.284 e. The van der Waals surface area contributed by atoms with Crippen molar-refractivity contribution < 1.29 is 0 Å². The van der Waals surface area contributed by atoms with Crippen LogP contribution in [0.15, 0.2) is 16.7 Å². The van der Waals surface area contributed by atoms with E-state index in [9.17, 15) is 0 Å². The Morgan fingerprint density at radius 1 is 1.54 bits per heavy atom. The molecule has 0 bridgehead atoms. The lowest BCUT2D eigenvalue weighted by Gasteiger charge is -1.97. The van der Waals surface area contributed by atoms with E-state index in [4.69, 9.17) is 5.26 Å². The highest BCUT2D eigenvalue weighted by atomic mass is 79.9. The number of hydrogen-bond acceptors (Lipinski definition) is 3. The predicted octanol–water partition coefficient (Wildman–Crippen LogP) is 1.67. The van der Waals surface area contributed by atoms with E-state index >= 15 is 0 Å². The molecule has 0 unspecified atom stereocenters. The van der Waals surface area contributed by atoms with Crippen molar-refractivity contribution in [1.82, 2.24) is 14.6 Å². The minimum absolute atomic E-state index is 0.523. The van der Waals surface area contributed by atoms with Crippen LogP contribution in [-0.4, -0.2) is 14.6 Å². The fourth-order valence-electron chi connectivity index (χ4n) is 1.15. The van der Waals surface area contributed by atoms with Crippen LogP contribution in [0, 0.1) is 18.3 Å². The summed E-state index contributed by atoms with van der Waals surface area (Å²) in [6.45, 7) is 1.84. The summed E-state index contributed by atoms with van der Waals surface area (Å²) < 4.78 is 2.63. The Kier molecular flexibility index (Phi) is 1.78. The van der Waals surface area contributed by atoms with Gasteiger partial charge in [0.15, 0.2) is 5.65 Å². The molecule has 0 spiro atoms. The number of aromatic nitrogens is 3. The first-order valence-electron chi connectivity index (χ1n) is 3.63. The van der Waals surface area contributed by atoms with Gasteiger partial charge in [0.25, 0.3) is 0 Å². The molecule has 4 nitrogen and oxygen atoms in total. The quantitative estimate of drug-likeness (QED) is 0.700. The van der Waals surface area contributed by atoms with Crippen molar-refractivity contribution in [3.05, 3.63) is 28.1 Å². The Labute approximate surface area is 82.9 Å². The molecule has 0 saturated heterocycles. The van der Waals surface area contributed by atoms with Crippen LogP contribution < -0.4 is 0 Å². The molecule has 0 radical (unpaired) electrons. The molecule has 5 heteroatoms. The zero-order chi connectivity index (χ0) is 9.42. The molecule has 2 aromatic heterocycles. The van der Waals surface area contributed by atoms with Crippen LogP contribution in [0.4, 0.5) is 0 Å². The van der Waals surface area contributed by atoms with Crippen LogP contribution in [0.3, 0.4) is 0 Å².